The summed E-state index contributed by atoms with van der Waals surface area (Å²) in [5, 5.41) is 11.9. The van der Waals surface area contributed by atoms with Crippen LogP contribution in [0.4, 0.5) is 11.4 Å². The minimum Gasteiger partial charge on any atom is -0.462 e. The van der Waals surface area contributed by atoms with Crippen LogP contribution in [0, 0.1) is 10.1 Å². The van der Waals surface area contributed by atoms with E-state index in [0.29, 0.717) is 24.2 Å². The van der Waals surface area contributed by atoms with Gasteiger partial charge in [-0.1, -0.05) is 50.2 Å². The molecule has 0 atom stereocenters. The molecule has 1 aliphatic rings. The Morgan fingerprint density at radius 2 is 1.34 bits per heavy atom. The SMILES string of the molecule is CCCOC(=O)C1=C(C)N(c2ccccc2)C(C)=C(C(=O)OCCC)C1c1ccccc1[N+](=O)[O-]. The molecule has 0 saturated carbocycles. The van der Waals surface area contributed by atoms with Gasteiger partial charge in [0.15, 0.2) is 0 Å². The second-order valence-electron chi connectivity index (χ2n) is 8.19. The van der Waals surface area contributed by atoms with Crippen LogP contribution in [-0.4, -0.2) is 30.1 Å². The monoisotopic (exact) mass is 478 g/mol. The molecule has 2 aromatic carbocycles. The Morgan fingerprint density at radius 1 is 0.857 bits per heavy atom. The molecular weight excluding hydrogens is 448 g/mol. The number of carbonyl (C=O) groups is 2. The Balaban J connectivity index is 2.35. The van der Waals surface area contributed by atoms with Crippen LogP contribution in [0.2, 0.25) is 0 Å². The molecule has 0 unspecified atom stereocenters. The van der Waals surface area contributed by atoms with Crippen LogP contribution in [0.15, 0.2) is 77.1 Å². The van der Waals surface area contributed by atoms with E-state index in [4.69, 9.17) is 9.47 Å². The molecule has 1 heterocycles. The van der Waals surface area contributed by atoms with Crippen LogP contribution in [0.3, 0.4) is 0 Å². The first kappa shape index (κ1) is 25.7. The summed E-state index contributed by atoms with van der Waals surface area (Å²) >= 11 is 0. The van der Waals surface area contributed by atoms with Gasteiger partial charge in [-0.05, 0) is 38.8 Å². The number of benzene rings is 2. The minimum atomic E-state index is -1.02. The van der Waals surface area contributed by atoms with Crippen molar-refractivity contribution in [1.29, 1.82) is 0 Å². The van der Waals surface area contributed by atoms with E-state index in [-0.39, 0.29) is 35.6 Å². The summed E-state index contributed by atoms with van der Waals surface area (Å²) in [7, 11) is 0. The van der Waals surface area contributed by atoms with Crippen molar-refractivity contribution in [2.24, 2.45) is 0 Å². The Labute approximate surface area is 205 Å². The summed E-state index contributed by atoms with van der Waals surface area (Å²) in [4.78, 5) is 40.1. The molecule has 8 heteroatoms. The number of nitrogens with zero attached hydrogens (tertiary/aromatic N) is 2. The third kappa shape index (κ3) is 5.26. The summed E-state index contributed by atoms with van der Waals surface area (Å²) < 4.78 is 11.0. The molecule has 1 aliphatic heterocycles. The second-order valence-corrected chi connectivity index (χ2v) is 8.19. The molecule has 0 N–H and O–H groups in total. The summed E-state index contributed by atoms with van der Waals surface area (Å²) in [6.07, 6.45) is 1.22. The summed E-state index contributed by atoms with van der Waals surface area (Å²) in [5.41, 5.74) is 2.19. The Hall–Kier alpha value is -3.94. The molecule has 0 bridgehead atoms. The largest absolute Gasteiger partial charge is 0.462 e. The van der Waals surface area contributed by atoms with E-state index in [1.54, 1.807) is 36.9 Å². The number of esters is 2. The van der Waals surface area contributed by atoms with Crippen molar-refractivity contribution in [3.8, 4) is 0 Å². The lowest BCUT2D eigenvalue weighted by atomic mass is 9.79. The first-order valence-electron chi connectivity index (χ1n) is 11.7. The molecule has 0 spiro atoms. The summed E-state index contributed by atoms with van der Waals surface area (Å²) in [5.74, 6) is -2.27. The fourth-order valence-electron chi connectivity index (χ4n) is 4.30. The quantitative estimate of drug-likeness (QED) is 0.261. The Kier molecular flexibility index (Phi) is 8.41. The maximum absolute atomic E-state index is 13.4. The van der Waals surface area contributed by atoms with Gasteiger partial charge in [-0.2, -0.15) is 0 Å². The highest BCUT2D eigenvalue weighted by atomic mass is 16.6. The number of allylic oxidation sites excluding steroid dienone is 2. The van der Waals surface area contributed by atoms with E-state index in [1.807, 2.05) is 44.2 Å². The van der Waals surface area contributed by atoms with Gasteiger partial charge in [0.25, 0.3) is 5.69 Å². The van der Waals surface area contributed by atoms with Crippen molar-refractivity contribution in [1.82, 2.24) is 0 Å². The Morgan fingerprint density at radius 3 is 1.83 bits per heavy atom. The average Bonchev–Trinajstić information content (AvgIpc) is 2.86. The smallest absolute Gasteiger partial charge is 0.336 e. The van der Waals surface area contributed by atoms with E-state index in [9.17, 15) is 19.7 Å². The first-order valence-corrected chi connectivity index (χ1v) is 11.7. The molecule has 8 nitrogen and oxygen atoms in total. The molecule has 2 aromatic rings. The lowest BCUT2D eigenvalue weighted by molar-refractivity contribution is -0.385. The van der Waals surface area contributed by atoms with E-state index >= 15 is 0 Å². The molecule has 0 fully saturated rings. The highest BCUT2D eigenvalue weighted by molar-refractivity contribution is 6.02. The average molecular weight is 479 g/mol. The van der Waals surface area contributed by atoms with E-state index in [2.05, 4.69) is 0 Å². The van der Waals surface area contributed by atoms with Crippen LogP contribution >= 0.6 is 0 Å². The zero-order chi connectivity index (χ0) is 25.5. The van der Waals surface area contributed by atoms with E-state index < -0.39 is 22.8 Å². The molecular formula is C27H30N2O6. The third-order valence-corrected chi connectivity index (χ3v) is 5.80. The second kappa shape index (κ2) is 11.5. The van der Waals surface area contributed by atoms with Crippen molar-refractivity contribution in [2.75, 3.05) is 18.1 Å². The normalized spacial score (nSPS) is 14.2. The number of carbonyl (C=O) groups excluding carboxylic acids is 2. The van der Waals surface area contributed by atoms with Crippen molar-refractivity contribution >= 4 is 23.3 Å². The number of para-hydroxylation sites is 2. The maximum atomic E-state index is 13.4. The number of nitro benzene ring substituents is 1. The number of nitro groups is 1. The topological polar surface area (TPSA) is 99.0 Å². The predicted octanol–water partition coefficient (Wildman–Crippen LogP) is 5.65. The maximum Gasteiger partial charge on any atom is 0.336 e. The van der Waals surface area contributed by atoms with Gasteiger partial charge in [-0.25, -0.2) is 9.59 Å². The van der Waals surface area contributed by atoms with Crippen molar-refractivity contribution in [2.45, 2.75) is 46.5 Å². The van der Waals surface area contributed by atoms with Gasteiger partial charge in [0.05, 0.1) is 35.2 Å². The molecule has 184 valence electrons. The van der Waals surface area contributed by atoms with Gasteiger partial charge in [0.2, 0.25) is 0 Å². The van der Waals surface area contributed by atoms with Gasteiger partial charge in [0.1, 0.15) is 0 Å². The first-order chi connectivity index (χ1) is 16.8. The Bertz CT molecular complexity index is 1130. The van der Waals surface area contributed by atoms with E-state index in [1.165, 1.54) is 6.07 Å². The van der Waals surface area contributed by atoms with Gasteiger partial charge in [-0.3, -0.25) is 10.1 Å². The van der Waals surface area contributed by atoms with Crippen LogP contribution in [0.1, 0.15) is 52.0 Å². The number of ether oxygens (including phenoxy) is 2. The van der Waals surface area contributed by atoms with Crippen LogP contribution in [-0.2, 0) is 19.1 Å². The highest BCUT2D eigenvalue weighted by Gasteiger charge is 2.43. The van der Waals surface area contributed by atoms with Crippen LogP contribution in [0.5, 0.6) is 0 Å². The number of anilines is 1. The zero-order valence-electron chi connectivity index (χ0n) is 20.4. The lowest BCUT2D eigenvalue weighted by Crippen LogP contribution is -2.35. The number of hydrogen-bond acceptors (Lipinski definition) is 7. The minimum absolute atomic E-state index is 0.172. The highest BCUT2D eigenvalue weighted by Crippen LogP contribution is 2.46. The van der Waals surface area contributed by atoms with Crippen molar-refractivity contribution in [3.63, 3.8) is 0 Å². The predicted molar refractivity (Wildman–Crippen MR) is 133 cm³/mol. The molecule has 0 aliphatic carbocycles. The van der Waals surface area contributed by atoms with Gasteiger partial charge < -0.3 is 14.4 Å². The molecule has 0 radical (unpaired) electrons. The standard InChI is InChI=1S/C27H30N2O6/c1-5-16-34-26(30)23-18(3)28(20-12-8-7-9-13-20)19(4)24(27(31)35-17-6-2)25(23)21-14-10-11-15-22(21)29(32)33/h7-15,25H,5-6,16-17H2,1-4H3. The van der Waals surface area contributed by atoms with Crippen molar-refractivity contribution in [3.05, 3.63) is 92.8 Å². The fourth-order valence-corrected chi connectivity index (χ4v) is 4.30. The van der Waals surface area contributed by atoms with E-state index in [0.717, 1.165) is 5.69 Å². The van der Waals surface area contributed by atoms with Crippen LogP contribution in [0.25, 0.3) is 0 Å². The van der Waals surface area contributed by atoms with Gasteiger partial charge >= 0.3 is 11.9 Å². The molecule has 0 amide bonds. The lowest BCUT2D eigenvalue weighted by Gasteiger charge is -2.37. The molecule has 3 rings (SSSR count). The third-order valence-electron chi connectivity index (χ3n) is 5.80. The number of hydrogen-bond donors (Lipinski definition) is 0. The summed E-state index contributed by atoms with van der Waals surface area (Å²) in [6.45, 7) is 7.64. The molecule has 35 heavy (non-hydrogen) atoms. The van der Waals surface area contributed by atoms with Crippen molar-refractivity contribution < 1.29 is 24.0 Å². The number of rotatable bonds is 9. The molecule has 0 saturated heterocycles. The zero-order valence-corrected chi connectivity index (χ0v) is 20.4. The molecule has 0 aromatic heterocycles. The van der Waals surface area contributed by atoms with Gasteiger partial charge in [-0.15, -0.1) is 0 Å². The van der Waals surface area contributed by atoms with Gasteiger partial charge in [0, 0.05) is 28.7 Å². The van der Waals surface area contributed by atoms with Crippen LogP contribution < -0.4 is 4.90 Å². The summed E-state index contributed by atoms with van der Waals surface area (Å²) in [6, 6.07) is 15.5. The fraction of sp³-hybridized carbons (Fsp3) is 0.333.